The Morgan fingerprint density at radius 3 is 3.24 bits per heavy atom. The van der Waals surface area contributed by atoms with Gasteiger partial charge in [0.2, 0.25) is 5.91 Å². The van der Waals surface area contributed by atoms with E-state index in [4.69, 9.17) is 4.74 Å². The number of imidazole rings is 1. The van der Waals surface area contributed by atoms with E-state index in [0.717, 1.165) is 31.7 Å². The molecular weight excluding hydrogens is 218 g/mol. The van der Waals surface area contributed by atoms with E-state index in [9.17, 15) is 4.79 Å². The molecule has 1 amide bonds. The normalized spacial score (nSPS) is 20.1. The van der Waals surface area contributed by atoms with Gasteiger partial charge in [-0.15, -0.1) is 0 Å². The summed E-state index contributed by atoms with van der Waals surface area (Å²) in [5, 5.41) is 2.84. The van der Waals surface area contributed by atoms with E-state index in [-0.39, 0.29) is 12.0 Å². The molecule has 0 aliphatic carbocycles. The van der Waals surface area contributed by atoms with Crippen molar-refractivity contribution < 1.29 is 9.53 Å². The van der Waals surface area contributed by atoms with Crippen LogP contribution in [0, 0.1) is 0 Å². The first-order valence-corrected chi connectivity index (χ1v) is 6.21. The van der Waals surface area contributed by atoms with Crippen molar-refractivity contribution in [1.29, 1.82) is 0 Å². The number of nitrogens with zero attached hydrogens (tertiary/aromatic N) is 1. The standard InChI is InChI=1S/C12H19N3O2/c16-12(15-9-11-13-6-7-14-11)5-4-10-3-1-2-8-17-10/h6-7,10H,1-5,8-9H2,(H,13,14)(H,15,16). The molecule has 2 N–H and O–H groups in total. The van der Waals surface area contributed by atoms with Crippen LogP contribution in [0.5, 0.6) is 0 Å². The zero-order chi connectivity index (χ0) is 11.9. The number of nitrogens with one attached hydrogen (secondary N) is 2. The van der Waals surface area contributed by atoms with E-state index in [1.165, 1.54) is 6.42 Å². The molecule has 1 aromatic rings. The van der Waals surface area contributed by atoms with Gasteiger partial charge in [-0.25, -0.2) is 4.98 Å². The van der Waals surface area contributed by atoms with Crippen LogP contribution in [0.3, 0.4) is 0 Å². The molecule has 1 atom stereocenters. The Hall–Kier alpha value is -1.36. The summed E-state index contributed by atoms with van der Waals surface area (Å²) in [6.07, 6.45) is 8.52. The molecule has 0 aromatic carbocycles. The molecule has 1 fully saturated rings. The molecule has 1 unspecified atom stereocenters. The van der Waals surface area contributed by atoms with E-state index in [2.05, 4.69) is 15.3 Å². The summed E-state index contributed by atoms with van der Waals surface area (Å²) in [6, 6.07) is 0. The van der Waals surface area contributed by atoms with Crippen LogP contribution in [-0.4, -0.2) is 28.6 Å². The maximum Gasteiger partial charge on any atom is 0.220 e. The summed E-state index contributed by atoms with van der Waals surface area (Å²) in [4.78, 5) is 18.6. The molecule has 2 heterocycles. The van der Waals surface area contributed by atoms with Crippen molar-refractivity contribution in [2.75, 3.05) is 6.61 Å². The lowest BCUT2D eigenvalue weighted by Crippen LogP contribution is -2.26. The number of aromatic amines is 1. The summed E-state index contributed by atoms with van der Waals surface area (Å²) in [5.41, 5.74) is 0. The fourth-order valence-electron chi connectivity index (χ4n) is 1.99. The SMILES string of the molecule is O=C(CCC1CCCCO1)NCc1ncc[nH]1. The smallest absolute Gasteiger partial charge is 0.220 e. The van der Waals surface area contributed by atoms with E-state index in [1.54, 1.807) is 12.4 Å². The molecule has 0 saturated carbocycles. The highest BCUT2D eigenvalue weighted by molar-refractivity contribution is 5.75. The van der Waals surface area contributed by atoms with Crippen molar-refractivity contribution in [3.05, 3.63) is 18.2 Å². The van der Waals surface area contributed by atoms with Crippen molar-refractivity contribution in [1.82, 2.24) is 15.3 Å². The Balaban J connectivity index is 1.60. The van der Waals surface area contributed by atoms with Crippen molar-refractivity contribution >= 4 is 5.91 Å². The summed E-state index contributed by atoms with van der Waals surface area (Å²) in [7, 11) is 0. The zero-order valence-corrected chi connectivity index (χ0v) is 9.95. The van der Waals surface area contributed by atoms with Gasteiger partial charge >= 0.3 is 0 Å². The van der Waals surface area contributed by atoms with E-state index < -0.39 is 0 Å². The van der Waals surface area contributed by atoms with E-state index >= 15 is 0 Å². The van der Waals surface area contributed by atoms with Crippen molar-refractivity contribution in [3.63, 3.8) is 0 Å². The molecule has 1 saturated heterocycles. The molecule has 1 aromatic heterocycles. The maximum atomic E-state index is 11.6. The minimum atomic E-state index is 0.0653. The number of H-pyrrole nitrogens is 1. The van der Waals surface area contributed by atoms with Gasteiger partial charge in [-0.05, 0) is 25.7 Å². The Morgan fingerprint density at radius 1 is 1.59 bits per heavy atom. The Bertz CT molecular complexity index is 332. The molecule has 0 spiro atoms. The van der Waals surface area contributed by atoms with Gasteiger partial charge in [-0.1, -0.05) is 0 Å². The minimum absolute atomic E-state index is 0.0653. The number of rotatable bonds is 5. The second-order valence-corrected chi connectivity index (χ2v) is 4.34. The van der Waals surface area contributed by atoms with Gasteiger partial charge in [-0.3, -0.25) is 4.79 Å². The lowest BCUT2D eigenvalue weighted by Gasteiger charge is -2.22. The summed E-state index contributed by atoms with van der Waals surface area (Å²) in [5.74, 6) is 0.850. The number of aromatic nitrogens is 2. The molecule has 17 heavy (non-hydrogen) atoms. The van der Waals surface area contributed by atoms with Gasteiger partial charge in [0, 0.05) is 25.4 Å². The lowest BCUT2D eigenvalue weighted by molar-refractivity contribution is -0.122. The Labute approximate surface area is 101 Å². The van der Waals surface area contributed by atoms with Gasteiger partial charge < -0.3 is 15.0 Å². The molecule has 5 nitrogen and oxygen atoms in total. The predicted molar refractivity (Wildman–Crippen MR) is 63.3 cm³/mol. The third-order valence-corrected chi connectivity index (χ3v) is 2.98. The topological polar surface area (TPSA) is 67.0 Å². The maximum absolute atomic E-state index is 11.6. The van der Waals surface area contributed by atoms with Gasteiger partial charge in [0.05, 0.1) is 12.6 Å². The molecule has 0 radical (unpaired) electrons. The number of hydrogen-bond acceptors (Lipinski definition) is 3. The molecule has 2 rings (SSSR count). The van der Waals surface area contributed by atoms with Gasteiger partial charge in [-0.2, -0.15) is 0 Å². The number of ether oxygens (including phenoxy) is 1. The number of carbonyl (C=O) groups excluding carboxylic acids is 1. The van der Waals surface area contributed by atoms with Crippen LogP contribution >= 0.6 is 0 Å². The first kappa shape index (κ1) is 12.1. The molecular formula is C12H19N3O2. The van der Waals surface area contributed by atoms with Gasteiger partial charge in [0.1, 0.15) is 5.82 Å². The number of carbonyl (C=O) groups is 1. The summed E-state index contributed by atoms with van der Waals surface area (Å²) >= 11 is 0. The summed E-state index contributed by atoms with van der Waals surface area (Å²) < 4.78 is 5.58. The van der Waals surface area contributed by atoms with Crippen molar-refractivity contribution in [3.8, 4) is 0 Å². The fourth-order valence-corrected chi connectivity index (χ4v) is 1.99. The van der Waals surface area contributed by atoms with Crippen molar-refractivity contribution in [2.24, 2.45) is 0 Å². The second kappa shape index (κ2) is 6.39. The largest absolute Gasteiger partial charge is 0.378 e. The van der Waals surface area contributed by atoms with Crippen LogP contribution in [0.15, 0.2) is 12.4 Å². The molecule has 1 aliphatic heterocycles. The van der Waals surface area contributed by atoms with E-state index in [0.29, 0.717) is 13.0 Å². The molecule has 0 bridgehead atoms. The first-order chi connectivity index (χ1) is 8.34. The van der Waals surface area contributed by atoms with Crippen LogP contribution in [0.4, 0.5) is 0 Å². The quantitative estimate of drug-likeness (QED) is 0.813. The highest BCUT2D eigenvalue weighted by Gasteiger charge is 2.15. The van der Waals surface area contributed by atoms with Crippen LogP contribution in [0.2, 0.25) is 0 Å². The van der Waals surface area contributed by atoms with Crippen LogP contribution in [0.25, 0.3) is 0 Å². The molecule has 94 valence electrons. The molecule has 1 aliphatic rings. The second-order valence-electron chi connectivity index (χ2n) is 4.34. The van der Waals surface area contributed by atoms with Crippen molar-refractivity contribution in [2.45, 2.75) is 44.8 Å². The Morgan fingerprint density at radius 2 is 2.53 bits per heavy atom. The lowest BCUT2D eigenvalue weighted by atomic mass is 10.0. The van der Waals surface area contributed by atoms with E-state index in [1.807, 2.05) is 0 Å². The highest BCUT2D eigenvalue weighted by Crippen LogP contribution is 2.16. The van der Waals surface area contributed by atoms with Crippen LogP contribution < -0.4 is 5.32 Å². The van der Waals surface area contributed by atoms with Gasteiger partial charge in [0.25, 0.3) is 0 Å². The highest BCUT2D eigenvalue weighted by atomic mass is 16.5. The molecule has 5 heteroatoms. The average Bonchev–Trinajstić information content (AvgIpc) is 2.88. The average molecular weight is 237 g/mol. The fraction of sp³-hybridized carbons (Fsp3) is 0.667. The van der Waals surface area contributed by atoms with Gasteiger partial charge in [0.15, 0.2) is 0 Å². The third-order valence-electron chi connectivity index (χ3n) is 2.98. The predicted octanol–water partition coefficient (Wildman–Crippen LogP) is 1.38. The van der Waals surface area contributed by atoms with Crippen LogP contribution in [-0.2, 0) is 16.1 Å². The first-order valence-electron chi connectivity index (χ1n) is 6.21. The number of amides is 1. The zero-order valence-electron chi connectivity index (χ0n) is 9.95. The monoisotopic (exact) mass is 237 g/mol. The summed E-state index contributed by atoms with van der Waals surface area (Å²) in [6.45, 7) is 1.32. The Kier molecular flexibility index (Phi) is 4.55. The van der Waals surface area contributed by atoms with Crippen LogP contribution in [0.1, 0.15) is 37.9 Å². The third kappa shape index (κ3) is 4.19. The minimum Gasteiger partial charge on any atom is -0.378 e. The number of hydrogen-bond donors (Lipinski definition) is 2.